The molecule has 3 aliphatic heterocycles. The summed E-state index contributed by atoms with van der Waals surface area (Å²) in [6.07, 6.45) is 0.173. The standard InChI is InChI=1S/C32H37N3O10/c1-18(37)24(29(39)33-12-13-36)34-31(41)32-15-23-25-26(43-17-42-25)28(32)45-35(27(32)30(40)44-23)16-20-8-4-6-19(14-20)7-5-10-21-9-2-3-11-22(21)38/h2-9,11,14,18,23-28,36-38H,10,12-13,15-17H2,1H3,(H,33,39)(H,34,41)/t18-,23+,24+,25-,26-,27-,28+,32-/m0/s1. The predicted octanol–water partition coefficient (Wildman–Crippen LogP) is 0.164. The first-order valence-corrected chi connectivity index (χ1v) is 15.0. The Balaban J connectivity index is 1.26. The fourth-order valence-electron chi connectivity index (χ4n) is 6.78. The van der Waals surface area contributed by atoms with Gasteiger partial charge >= 0.3 is 5.97 Å². The largest absolute Gasteiger partial charge is 0.508 e. The van der Waals surface area contributed by atoms with Crippen molar-refractivity contribution in [1.82, 2.24) is 15.7 Å². The first-order chi connectivity index (χ1) is 21.7. The number of nitrogens with zero attached hydrogens (tertiary/aromatic N) is 1. The van der Waals surface area contributed by atoms with Crippen molar-refractivity contribution in [2.45, 2.75) is 68.9 Å². The molecule has 1 saturated carbocycles. The molecule has 2 bridgehead atoms. The number of hydroxylamine groups is 2. The lowest BCUT2D eigenvalue weighted by Gasteiger charge is -2.49. The molecule has 2 amide bonds. The summed E-state index contributed by atoms with van der Waals surface area (Å²) >= 11 is 0. The lowest BCUT2D eigenvalue weighted by Crippen LogP contribution is -2.71. The number of aromatic hydroxyl groups is 1. The van der Waals surface area contributed by atoms with Crippen LogP contribution < -0.4 is 10.6 Å². The highest BCUT2D eigenvalue weighted by molar-refractivity contribution is 5.96. The molecule has 1 aliphatic carbocycles. The number of phenolic OH excluding ortho intramolecular Hbond substituents is 1. The quantitative estimate of drug-likeness (QED) is 0.216. The number of carbonyl (C=O) groups excluding carboxylic acids is 3. The second kappa shape index (κ2) is 12.9. The summed E-state index contributed by atoms with van der Waals surface area (Å²) in [5.74, 6) is -1.76. The summed E-state index contributed by atoms with van der Waals surface area (Å²) in [4.78, 5) is 47.0. The third-order valence-corrected chi connectivity index (χ3v) is 8.89. The van der Waals surface area contributed by atoms with Crippen LogP contribution in [-0.4, -0.2) is 101 Å². The molecule has 13 nitrogen and oxygen atoms in total. The van der Waals surface area contributed by atoms with Gasteiger partial charge in [0.05, 0.1) is 19.3 Å². The van der Waals surface area contributed by atoms with E-state index < -0.39 is 65.8 Å². The van der Waals surface area contributed by atoms with Gasteiger partial charge in [-0.25, -0.2) is 0 Å². The second-order valence-electron chi connectivity index (χ2n) is 11.8. The first-order valence-electron chi connectivity index (χ1n) is 15.0. The van der Waals surface area contributed by atoms with Gasteiger partial charge in [0.25, 0.3) is 0 Å². The van der Waals surface area contributed by atoms with Crippen molar-refractivity contribution < 1.29 is 48.8 Å². The number of fused-ring (bicyclic) bond motifs is 4. The van der Waals surface area contributed by atoms with Gasteiger partial charge in [-0.2, -0.15) is 5.06 Å². The van der Waals surface area contributed by atoms with Crippen molar-refractivity contribution in [1.29, 1.82) is 0 Å². The average molecular weight is 624 g/mol. The van der Waals surface area contributed by atoms with E-state index in [4.69, 9.17) is 24.2 Å². The molecule has 4 aliphatic rings. The molecule has 0 spiro atoms. The first kappa shape index (κ1) is 31.1. The topological polar surface area (TPSA) is 176 Å². The smallest absolute Gasteiger partial charge is 0.327 e. The Kier molecular flexibility index (Phi) is 8.91. The number of hydrogen-bond donors (Lipinski definition) is 5. The highest BCUT2D eigenvalue weighted by Gasteiger charge is 2.74. The zero-order valence-electron chi connectivity index (χ0n) is 24.7. The van der Waals surface area contributed by atoms with E-state index in [1.165, 1.54) is 12.0 Å². The van der Waals surface area contributed by atoms with Crippen LogP contribution in [0.15, 0.2) is 54.6 Å². The van der Waals surface area contributed by atoms with Crippen LogP contribution in [0.4, 0.5) is 0 Å². The van der Waals surface area contributed by atoms with Gasteiger partial charge in [-0.15, -0.1) is 0 Å². The molecular formula is C32H37N3O10. The summed E-state index contributed by atoms with van der Waals surface area (Å²) < 4.78 is 17.4. The van der Waals surface area contributed by atoms with Gasteiger partial charge in [0, 0.05) is 13.0 Å². The van der Waals surface area contributed by atoms with E-state index in [0.29, 0.717) is 6.42 Å². The number of para-hydroxylation sites is 1. The number of aliphatic hydroxyl groups is 2. The minimum atomic E-state index is -1.51. The van der Waals surface area contributed by atoms with Gasteiger partial charge in [0.1, 0.15) is 48.4 Å². The molecule has 5 N–H and O–H groups in total. The van der Waals surface area contributed by atoms with E-state index in [1.54, 1.807) is 12.1 Å². The molecule has 0 aromatic heterocycles. The van der Waals surface area contributed by atoms with Crippen molar-refractivity contribution in [3.05, 3.63) is 71.3 Å². The number of ether oxygens (including phenoxy) is 3. The summed E-state index contributed by atoms with van der Waals surface area (Å²) in [6, 6.07) is 12.2. The Hall–Kier alpha value is -3.85. The van der Waals surface area contributed by atoms with Crippen molar-refractivity contribution >= 4 is 23.9 Å². The van der Waals surface area contributed by atoms with Gasteiger partial charge in [-0.05, 0) is 36.1 Å². The Labute approximate surface area is 259 Å². The maximum atomic E-state index is 14.2. The van der Waals surface area contributed by atoms with Gasteiger partial charge in [0.15, 0.2) is 6.04 Å². The number of esters is 1. The van der Waals surface area contributed by atoms with E-state index >= 15 is 0 Å². The molecule has 8 atom stereocenters. The highest BCUT2D eigenvalue weighted by atomic mass is 16.8. The summed E-state index contributed by atoms with van der Waals surface area (Å²) in [6.45, 7) is 1.07. The van der Waals surface area contributed by atoms with Gasteiger partial charge in [-0.1, -0.05) is 54.6 Å². The summed E-state index contributed by atoms with van der Waals surface area (Å²) in [5, 5.41) is 36.1. The number of carbonyl (C=O) groups is 3. The Morgan fingerprint density at radius 1 is 1.16 bits per heavy atom. The number of phenols is 1. The molecule has 0 unspecified atom stereocenters. The molecule has 3 heterocycles. The number of rotatable bonds is 11. The molecule has 2 aromatic carbocycles. The number of hydrogen-bond acceptors (Lipinski definition) is 11. The SMILES string of the molecule is C[C@H](O)[C@@H](NC(=O)[C@@]12C[C@H]3OC(=O)[C@@H]1N(Cc1cccc(C=CCc4ccccc4O)c1)O[C@@H]2[C@H]1OCO[C@H]13)C(=O)NCCO. The van der Waals surface area contributed by atoms with Crippen LogP contribution in [-0.2, 0) is 46.4 Å². The van der Waals surface area contributed by atoms with Gasteiger partial charge in [-0.3, -0.25) is 19.2 Å². The third-order valence-electron chi connectivity index (χ3n) is 8.89. The normalized spacial score (nSPS) is 30.0. The third kappa shape index (κ3) is 5.83. The van der Waals surface area contributed by atoms with Crippen LogP contribution in [0.25, 0.3) is 6.08 Å². The zero-order chi connectivity index (χ0) is 31.7. The molecule has 45 heavy (non-hydrogen) atoms. The van der Waals surface area contributed by atoms with Gasteiger partial charge in [0.2, 0.25) is 11.8 Å². The van der Waals surface area contributed by atoms with E-state index in [0.717, 1.165) is 16.7 Å². The Bertz CT molecular complexity index is 1470. The van der Waals surface area contributed by atoms with Crippen LogP contribution in [0.3, 0.4) is 0 Å². The minimum Gasteiger partial charge on any atom is -0.508 e. The summed E-state index contributed by atoms with van der Waals surface area (Å²) in [5.41, 5.74) is 0.985. The molecule has 2 aromatic rings. The van der Waals surface area contributed by atoms with E-state index in [1.807, 2.05) is 48.6 Å². The average Bonchev–Trinajstić information content (AvgIpc) is 3.64. The van der Waals surface area contributed by atoms with Crippen LogP contribution in [0.1, 0.15) is 30.0 Å². The molecular weight excluding hydrogens is 586 g/mol. The maximum absolute atomic E-state index is 14.2. The summed E-state index contributed by atoms with van der Waals surface area (Å²) in [7, 11) is 0. The lowest BCUT2D eigenvalue weighted by atomic mass is 9.62. The predicted molar refractivity (Wildman–Crippen MR) is 157 cm³/mol. The molecule has 6 rings (SSSR count). The van der Waals surface area contributed by atoms with E-state index in [-0.39, 0.29) is 38.7 Å². The Morgan fingerprint density at radius 2 is 1.96 bits per heavy atom. The van der Waals surface area contributed by atoms with Crippen LogP contribution in [0.5, 0.6) is 5.75 Å². The van der Waals surface area contributed by atoms with Crippen LogP contribution in [0.2, 0.25) is 0 Å². The molecule has 3 saturated heterocycles. The molecule has 240 valence electrons. The fraction of sp³-hybridized carbons (Fsp3) is 0.469. The van der Waals surface area contributed by atoms with Crippen LogP contribution in [0, 0.1) is 5.41 Å². The number of amides is 2. The van der Waals surface area contributed by atoms with Crippen molar-refractivity contribution in [3.63, 3.8) is 0 Å². The highest BCUT2D eigenvalue weighted by Crippen LogP contribution is 2.55. The number of nitrogens with one attached hydrogen (secondary N) is 2. The molecule has 0 radical (unpaired) electrons. The molecule has 4 fully saturated rings. The fourth-order valence-corrected chi connectivity index (χ4v) is 6.78. The lowest BCUT2D eigenvalue weighted by molar-refractivity contribution is -0.201. The molecule has 13 heteroatoms. The number of allylic oxidation sites excluding steroid dienone is 1. The number of benzene rings is 2. The minimum absolute atomic E-state index is 0.0550. The van der Waals surface area contributed by atoms with Gasteiger partial charge < -0.3 is 40.2 Å². The number of aliphatic hydroxyl groups excluding tert-OH is 2. The monoisotopic (exact) mass is 623 g/mol. The van der Waals surface area contributed by atoms with E-state index in [2.05, 4.69) is 10.6 Å². The Morgan fingerprint density at radius 3 is 2.73 bits per heavy atom. The van der Waals surface area contributed by atoms with Crippen molar-refractivity contribution in [2.24, 2.45) is 5.41 Å². The van der Waals surface area contributed by atoms with E-state index in [9.17, 15) is 24.6 Å². The maximum Gasteiger partial charge on any atom is 0.327 e. The van der Waals surface area contributed by atoms with Crippen molar-refractivity contribution in [2.75, 3.05) is 19.9 Å². The second-order valence-corrected chi connectivity index (χ2v) is 11.8. The van der Waals surface area contributed by atoms with Crippen LogP contribution >= 0.6 is 0 Å². The zero-order valence-corrected chi connectivity index (χ0v) is 24.7. The van der Waals surface area contributed by atoms with Crippen molar-refractivity contribution in [3.8, 4) is 5.75 Å².